The Morgan fingerprint density at radius 3 is 2.03 bits per heavy atom. The van der Waals surface area contributed by atoms with Gasteiger partial charge in [-0.1, -0.05) is 90.6 Å². The van der Waals surface area contributed by atoms with Crippen molar-refractivity contribution in [1.82, 2.24) is 5.32 Å². The van der Waals surface area contributed by atoms with E-state index in [1.807, 2.05) is 18.2 Å². The number of anilines is 2. The van der Waals surface area contributed by atoms with Crippen LogP contribution in [0.3, 0.4) is 0 Å². The molecular formula is C27H39N3O2. The Morgan fingerprint density at radius 2 is 1.41 bits per heavy atom. The molecule has 0 radical (unpaired) electrons. The second-order valence-corrected chi connectivity index (χ2v) is 8.92. The van der Waals surface area contributed by atoms with Crippen LogP contribution >= 0.6 is 0 Å². The Kier molecular flexibility index (Phi) is 10.3. The summed E-state index contributed by atoms with van der Waals surface area (Å²) in [5.74, 6) is 0.330. The normalized spacial score (nSPS) is 11.0. The van der Waals surface area contributed by atoms with Crippen molar-refractivity contribution >= 4 is 23.3 Å². The third-order valence-electron chi connectivity index (χ3n) is 5.60. The number of nitrogens with one attached hydrogen (secondary N) is 3. The van der Waals surface area contributed by atoms with Gasteiger partial charge in [0.15, 0.2) is 0 Å². The molecule has 174 valence electrons. The third-order valence-corrected chi connectivity index (χ3v) is 5.60. The van der Waals surface area contributed by atoms with Crippen molar-refractivity contribution < 1.29 is 9.59 Å². The van der Waals surface area contributed by atoms with Crippen LogP contribution in [-0.2, 0) is 0 Å². The summed E-state index contributed by atoms with van der Waals surface area (Å²) in [4.78, 5) is 25.6. The molecule has 0 aromatic heterocycles. The number of unbranched alkanes of at least 4 members (excludes halogenated alkanes) is 4. The molecule has 32 heavy (non-hydrogen) atoms. The molecule has 2 rings (SSSR count). The molecule has 2 aromatic rings. The van der Waals surface area contributed by atoms with Crippen molar-refractivity contribution in [1.29, 1.82) is 0 Å². The molecule has 2 aromatic carbocycles. The fourth-order valence-electron chi connectivity index (χ4n) is 3.76. The number of urea groups is 1. The zero-order valence-electron chi connectivity index (χ0n) is 20.3. The predicted molar refractivity (Wildman–Crippen MR) is 135 cm³/mol. The molecule has 0 aliphatic carbocycles. The van der Waals surface area contributed by atoms with Crippen LogP contribution in [0.15, 0.2) is 42.5 Å². The second kappa shape index (κ2) is 12.9. The van der Waals surface area contributed by atoms with Gasteiger partial charge in [-0.15, -0.1) is 0 Å². The van der Waals surface area contributed by atoms with E-state index >= 15 is 0 Å². The number of hydrogen-bond donors (Lipinski definition) is 3. The van der Waals surface area contributed by atoms with Gasteiger partial charge in [0.05, 0.1) is 11.3 Å². The maximum atomic E-state index is 13.2. The summed E-state index contributed by atoms with van der Waals surface area (Å²) in [6.07, 6.45) is 5.69. The van der Waals surface area contributed by atoms with Crippen LogP contribution in [-0.4, -0.2) is 18.5 Å². The first kappa shape index (κ1) is 25.4. The van der Waals surface area contributed by atoms with E-state index in [1.54, 1.807) is 12.1 Å². The van der Waals surface area contributed by atoms with Gasteiger partial charge in [-0.3, -0.25) is 4.79 Å². The van der Waals surface area contributed by atoms with E-state index in [0.29, 0.717) is 17.8 Å². The lowest BCUT2D eigenvalue weighted by Crippen LogP contribution is -2.30. The minimum Gasteiger partial charge on any atom is -0.338 e. The van der Waals surface area contributed by atoms with Gasteiger partial charge in [0, 0.05) is 12.2 Å². The minimum absolute atomic E-state index is 0.226. The Bertz CT molecular complexity index is 864. The number of rotatable bonds is 11. The van der Waals surface area contributed by atoms with Crippen molar-refractivity contribution in [2.45, 2.75) is 78.6 Å². The highest BCUT2D eigenvalue weighted by Gasteiger charge is 2.19. The first-order valence-corrected chi connectivity index (χ1v) is 11.9. The van der Waals surface area contributed by atoms with E-state index in [-0.39, 0.29) is 23.8 Å². The van der Waals surface area contributed by atoms with Gasteiger partial charge in [-0.05, 0) is 41.5 Å². The summed E-state index contributed by atoms with van der Waals surface area (Å²) in [6, 6.07) is 13.0. The van der Waals surface area contributed by atoms with Crippen LogP contribution in [0.1, 0.15) is 100 Å². The van der Waals surface area contributed by atoms with Gasteiger partial charge >= 0.3 is 6.03 Å². The molecule has 0 unspecified atom stereocenters. The summed E-state index contributed by atoms with van der Waals surface area (Å²) >= 11 is 0. The average Bonchev–Trinajstić information content (AvgIpc) is 2.76. The van der Waals surface area contributed by atoms with Crippen LogP contribution < -0.4 is 16.0 Å². The second-order valence-electron chi connectivity index (χ2n) is 8.92. The van der Waals surface area contributed by atoms with E-state index in [2.05, 4.69) is 62.7 Å². The highest BCUT2D eigenvalue weighted by Crippen LogP contribution is 2.33. The summed E-state index contributed by atoms with van der Waals surface area (Å²) in [6.45, 7) is 11.3. The molecule has 0 aliphatic rings. The first-order chi connectivity index (χ1) is 15.3. The zero-order valence-corrected chi connectivity index (χ0v) is 20.3. The molecule has 0 spiro atoms. The summed E-state index contributed by atoms with van der Waals surface area (Å²) in [7, 11) is 0. The van der Waals surface area contributed by atoms with Crippen molar-refractivity contribution in [3.05, 3.63) is 59.2 Å². The lowest BCUT2D eigenvalue weighted by atomic mass is 9.92. The number of para-hydroxylation sites is 2. The predicted octanol–water partition coefficient (Wildman–Crippen LogP) is 7.28. The number of carbonyl (C=O) groups excluding carboxylic acids is 2. The molecule has 0 bridgehead atoms. The Hall–Kier alpha value is -2.82. The molecule has 0 saturated heterocycles. The fourth-order valence-corrected chi connectivity index (χ4v) is 3.76. The highest BCUT2D eigenvalue weighted by molar-refractivity contribution is 6.10. The lowest BCUT2D eigenvalue weighted by molar-refractivity contribution is 0.102. The molecule has 0 aliphatic heterocycles. The molecule has 0 heterocycles. The Balaban J connectivity index is 2.11. The third kappa shape index (κ3) is 7.40. The van der Waals surface area contributed by atoms with Crippen LogP contribution in [0.2, 0.25) is 0 Å². The van der Waals surface area contributed by atoms with Crippen molar-refractivity contribution in [2.75, 3.05) is 17.2 Å². The molecule has 0 fully saturated rings. The van der Waals surface area contributed by atoms with Crippen molar-refractivity contribution in [3.8, 4) is 0 Å². The molecule has 3 amide bonds. The van der Waals surface area contributed by atoms with E-state index < -0.39 is 0 Å². The quantitative estimate of drug-likeness (QED) is 0.323. The van der Waals surface area contributed by atoms with Gasteiger partial charge in [-0.2, -0.15) is 0 Å². The van der Waals surface area contributed by atoms with Crippen LogP contribution in [0.5, 0.6) is 0 Å². The van der Waals surface area contributed by atoms with E-state index in [1.165, 1.54) is 19.3 Å². The zero-order chi connectivity index (χ0) is 23.5. The first-order valence-electron chi connectivity index (χ1n) is 11.9. The number of amides is 3. The van der Waals surface area contributed by atoms with Gasteiger partial charge in [0.25, 0.3) is 5.91 Å². The summed E-state index contributed by atoms with van der Waals surface area (Å²) < 4.78 is 0. The lowest BCUT2D eigenvalue weighted by Gasteiger charge is -2.21. The van der Waals surface area contributed by atoms with Crippen LogP contribution in [0.25, 0.3) is 0 Å². The monoisotopic (exact) mass is 437 g/mol. The Labute approximate surface area is 193 Å². The number of carbonyl (C=O) groups is 2. The van der Waals surface area contributed by atoms with E-state index in [9.17, 15) is 9.59 Å². The number of benzene rings is 2. The van der Waals surface area contributed by atoms with Crippen LogP contribution in [0.4, 0.5) is 16.2 Å². The van der Waals surface area contributed by atoms with Gasteiger partial charge in [0.1, 0.15) is 0 Å². The molecule has 5 nitrogen and oxygen atoms in total. The molecular weight excluding hydrogens is 398 g/mol. The Morgan fingerprint density at radius 1 is 0.781 bits per heavy atom. The largest absolute Gasteiger partial charge is 0.338 e. The molecule has 5 heteroatoms. The van der Waals surface area contributed by atoms with Crippen LogP contribution in [0, 0.1) is 0 Å². The SMILES string of the molecule is CCCCCCCNC(=O)Nc1ccccc1C(=O)Nc1c(C(C)C)cccc1C(C)C. The van der Waals surface area contributed by atoms with Gasteiger partial charge in [0.2, 0.25) is 0 Å². The minimum atomic E-state index is -0.286. The topological polar surface area (TPSA) is 70.2 Å². The number of hydrogen-bond acceptors (Lipinski definition) is 2. The van der Waals surface area contributed by atoms with E-state index in [0.717, 1.165) is 29.7 Å². The summed E-state index contributed by atoms with van der Waals surface area (Å²) in [5.41, 5.74) is 4.03. The van der Waals surface area contributed by atoms with E-state index in [4.69, 9.17) is 0 Å². The van der Waals surface area contributed by atoms with Gasteiger partial charge < -0.3 is 16.0 Å². The van der Waals surface area contributed by atoms with Crippen molar-refractivity contribution in [2.24, 2.45) is 0 Å². The molecule has 3 N–H and O–H groups in total. The maximum absolute atomic E-state index is 13.2. The average molecular weight is 438 g/mol. The van der Waals surface area contributed by atoms with Crippen molar-refractivity contribution in [3.63, 3.8) is 0 Å². The van der Waals surface area contributed by atoms with Gasteiger partial charge in [-0.25, -0.2) is 4.79 Å². The highest BCUT2D eigenvalue weighted by atomic mass is 16.2. The maximum Gasteiger partial charge on any atom is 0.319 e. The standard InChI is InChI=1S/C27H39N3O2/c1-6-7-8-9-12-18-28-27(32)29-24-17-11-10-14-23(24)26(31)30-25-21(19(2)3)15-13-16-22(25)20(4)5/h10-11,13-17,19-20H,6-9,12,18H2,1-5H3,(H,30,31)(H2,28,29,32). The molecule has 0 atom stereocenters. The smallest absolute Gasteiger partial charge is 0.319 e. The molecule has 0 saturated carbocycles. The fraction of sp³-hybridized carbons (Fsp3) is 0.481. The summed E-state index contributed by atoms with van der Waals surface area (Å²) in [5, 5.41) is 8.87.